The SMILES string of the molecule is CC(=O)N1C2CCC1CC(NCCc1ccc(Oc3nc4c(Cl)cccc4s3)cc1)C2. The number of piperidine rings is 1. The number of halogens is 1. The molecule has 1 amide bonds. The summed E-state index contributed by atoms with van der Waals surface area (Å²) in [6, 6.07) is 15.4. The molecule has 2 fully saturated rings. The molecule has 7 heteroatoms. The van der Waals surface area contributed by atoms with Gasteiger partial charge in [0.15, 0.2) is 0 Å². The summed E-state index contributed by atoms with van der Waals surface area (Å²) in [6.45, 7) is 2.65. The molecule has 31 heavy (non-hydrogen) atoms. The molecular formula is C24H26ClN3O2S. The molecule has 2 atom stereocenters. The summed E-state index contributed by atoms with van der Waals surface area (Å²) < 4.78 is 6.95. The molecule has 3 heterocycles. The number of nitrogens with one attached hydrogen (secondary N) is 1. The van der Waals surface area contributed by atoms with E-state index in [1.54, 1.807) is 6.92 Å². The zero-order valence-corrected chi connectivity index (χ0v) is 19.1. The number of para-hydroxylation sites is 1. The Morgan fingerprint density at radius 2 is 1.94 bits per heavy atom. The molecule has 1 N–H and O–H groups in total. The standard InChI is InChI=1S/C24H26ClN3O2S/c1-15(29)28-18-7-8-19(28)14-17(13-18)26-12-11-16-5-9-20(10-6-16)30-24-27-23-21(25)3-2-4-22(23)31-24/h2-6,9-10,17-19,26H,7-8,11-14H2,1H3. The van der Waals surface area contributed by atoms with Gasteiger partial charge in [-0.2, -0.15) is 0 Å². The number of thiazole rings is 1. The predicted molar refractivity (Wildman–Crippen MR) is 125 cm³/mol. The molecule has 2 unspecified atom stereocenters. The highest BCUT2D eigenvalue weighted by molar-refractivity contribution is 7.20. The normalized spacial score (nSPS) is 22.8. The van der Waals surface area contributed by atoms with Crippen LogP contribution in [-0.2, 0) is 11.2 Å². The number of ether oxygens (including phenoxy) is 1. The van der Waals surface area contributed by atoms with E-state index in [4.69, 9.17) is 16.3 Å². The minimum absolute atomic E-state index is 0.238. The van der Waals surface area contributed by atoms with Gasteiger partial charge in [-0.15, -0.1) is 0 Å². The monoisotopic (exact) mass is 455 g/mol. The Kier molecular flexibility index (Phi) is 5.87. The average molecular weight is 456 g/mol. The number of hydrogen-bond donors (Lipinski definition) is 1. The van der Waals surface area contributed by atoms with Gasteiger partial charge in [-0.3, -0.25) is 4.79 Å². The van der Waals surface area contributed by atoms with Crippen molar-refractivity contribution in [3.63, 3.8) is 0 Å². The van der Waals surface area contributed by atoms with Crippen LogP contribution in [-0.4, -0.2) is 40.5 Å². The van der Waals surface area contributed by atoms with Crippen LogP contribution in [0, 0.1) is 0 Å². The van der Waals surface area contributed by atoms with E-state index < -0.39 is 0 Å². The molecule has 162 valence electrons. The third kappa shape index (κ3) is 4.43. The molecule has 3 aromatic rings. The Morgan fingerprint density at radius 3 is 2.61 bits per heavy atom. The van der Waals surface area contributed by atoms with E-state index in [1.165, 1.54) is 16.9 Å². The van der Waals surface area contributed by atoms with Crippen molar-refractivity contribution in [3.05, 3.63) is 53.1 Å². The first-order valence-corrected chi connectivity index (χ1v) is 12.1. The van der Waals surface area contributed by atoms with Crippen LogP contribution in [0.1, 0.15) is 38.2 Å². The zero-order chi connectivity index (χ0) is 21.4. The van der Waals surface area contributed by atoms with Gasteiger partial charge in [0.05, 0.1) is 9.72 Å². The number of fused-ring (bicyclic) bond motifs is 3. The van der Waals surface area contributed by atoms with E-state index in [1.807, 2.05) is 30.3 Å². The number of carbonyl (C=O) groups excluding carboxylic acids is 1. The first-order valence-electron chi connectivity index (χ1n) is 10.9. The summed E-state index contributed by atoms with van der Waals surface area (Å²) in [4.78, 5) is 18.5. The number of nitrogens with zero attached hydrogens (tertiary/aromatic N) is 2. The van der Waals surface area contributed by atoms with Crippen molar-refractivity contribution >= 4 is 39.1 Å². The second-order valence-electron chi connectivity index (χ2n) is 8.50. The predicted octanol–water partition coefficient (Wildman–Crippen LogP) is 5.42. The maximum atomic E-state index is 11.9. The van der Waals surface area contributed by atoms with Gasteiger partial charge >= 0.3 is 0 Å². The second kappa shape index (κ2) is 8.77. The highest BCUT2D eigenvalue weighted by atomic mass is 35.5. The van der Waals surface area contributed by atoms with Gasteiger partial charge in [-0.25, -0.2) is 4.98 Å². The van der Waals surface area contributed by atoms with Gasteiger partial charge < -0.3 is 15.0 Å². The van der Waals surface area contributed by atoms with Crippen molar-refractivity contribution in [2.75, 3.05) is 6.54 Å². The van der Waals surface area contributed by atoms with Crippen LogP contribution in [0.2, 0.25) is 5.02 Å². The van der Waals surface area contributed by atoms with E-state index in [2.05, 4.69) is 27.3 Å². The maximum absolute atomic E-state index is 11.9. The molecule has 2 bridgehead atoms. The van der Waals surface area contributed by atoms with Crippen LogP contribution < -0.4 is 10.1 Å². The van der Waals surface area contributed by atoms with Crippen LogP contribution in [0.3, 0.4) is 0 Å². The van der Waals surface area contributed by atoms with E-state index in [-0.39, 0.29) is 5.91 Å². The van der Waals surface area contributed by atoms with Gasteiger partial charge in [-0.05, 0) is 68.5 Å². The van der Waals surface area contributed by atoms with Crippen molar-refractivity contribution in [3.8, 4) is 10.9 Å². The minimum atomic E-state index is 0.238. The number of hydrogen-bond acceptors (Lipinski definition) is 5. The molecule has 0 spiro atoms. The van der Waals surface area contributed by atoms with Gasteiger partial charge in [0.1, 0.15) is 11.3 Å². The van der Waals surface area contributed by atoms with Gasteiger partial charge in [-0.1, -0.05) is 41.1 Å². The Labute approximate surface area is 191 Å². The molecule has 2 saturated heterocycles. The third-order valence-corrected chi connectivity index (χ3v) is 7.63. The molecule has 0 saturated carbocycles. The number of carbonyl (C=O) groups is 1. The maximum Gasteiger partial charge on any atom is 0.279 e. The molecular weight excluding hydrogens is 430 g/mol. The number of amides is 1. The molecule has 2 aromatic carbocycles. The molecule has 5 nitrogen and oxygen atoms in total. The van der Waals surface area contributed by atoms with Gasteiger partial charge in [0, 0.05) is 25.0 Å². The third-order valence-electron chi connectivity index (χ3n) is 6.42. The summed E-state index contributed by atoms with van der Waals surface area (Å²) >= 11 is 7.70. The first-order chi connectivity index (χ1) is 15.1. The zero-order valence-electron chi connectivity index (χ0n) is 17.5. The van der Waals surface area contributed by atoms with Crippen LogP contribution in [0.25, 0.3) is 10.2 Å². The van der Waals surface area contributed by atoms with Gasteiger partial charge in [0.2, 0.25) is 5.91 Å². The van der Waals surface area contributed by atoms with Crippen molar-refractivity contribution in [1.29, 1.82) is 0 Å². The second-order valence-corrected chi connectivity index (χ2v) is 9.90. The minimum Gasteiger partial charge on any atom is -0.431 e. The molecule has 2 aliphatic rings. The Hall–Kier alpha value is -2.15. The van der Waals surface area contributed by atoms with Gasteiger partial charge in [0.25, 0.3) is 5.19 Å². The fourth-order valence-corrected chi connectivity index (χ4v) is 6.18. The lowest BCUT2D eigenvalue weighted by molar-refractivity contribution is -0.133. The number of benzene rings is 2. The molecule has 0 radical (unpaired) electrons. The summed E-state index contributed by atoms with van der Waals surface area (Å²) in [5.74, 6) is 1.02. The largest absolute Gasteiger partial charge is 0.431 e. The molecule has 5 rings (SSSR count). The molecule has 1 aromatic heterocycles. The van der Waals surface area contributed by atoms with Crippen LogP contribution in [0.4, 0.5) is 0 Å². The number of aromatic nitrogens is 1. The van der Waals surface area contributed by atoms with Crippen LogP contribution >= 0.6 is 22.9 Å². The summed E-state index contributed by atoms with van der Waals surface area (Å²) in [6.07, 6.45) is 5.44. The fourth-order valence-electron chi connectivity index (χ4n) is 5.04. The highest BCUT2D eigenvalue weighted by Crippen LogP contribution is 2.36. The van der Waals surface area contributed by atoms with E-state index in [0.29, 0.717) is 28.3 Å². The Morgan fingerprint density at radius 1 is 1.19 bits per heavy atom. The van der Waals surface area contributed by atoms with Crippen LogP contribution in [0.15, 0.2) is 42.5 Å². The Balaban J connectivity index is 1.12. The lowest BCUT2D eigenvalue weighted by atomic mass is 9.97. The van der Waals surface area contributed by atoms with E-state index in [9.17, 15) is 4.79 Å². The number of rotatable bonds is 6. The summed E-state index contributed by atoms with van der Waals surface area (Å²) in [7, 11) is 0. The topological polar surface area (TPSA) is 54.5 Å². The first kappa shape index (κ1) is 20.7. The molecule has 0 aliphatic carbocycles. The quantitative estimate of drug-likeness (QED) is 0.539. The average Bonchev–Trinajstić information content (AvgIpc) is 3.28. The van der Waals surface area contributed by atoms with Crippen molar-refractivity contribution in [1.82, 2.24) is 15.2 Å². The fraction of sp³-hybridized carbons (Fsp3) is 0.417. The smallest absolute Gasteiger partial charge is 0.279 e. The highest BCUT2D eigenvalue weighted by Gasteiger charge is 2.41. The van der Waals surface area contributed by atoms with Crippen molar-refractivity contribution in [2.24, 2.45) is 0 Å². The van der Waals surface area contributed by atoms with E-state index >= 15 is 0 Å². The van der Waals surface area contributed by atoms with Crippen LogP contribution in [0.5, 0.6) is 10.9 Å². The van der Waals surface area contributed by atoms with Crippen molar-refractivity contribution < 1.29 is 9.53 Å². The lowest BCUT2D eigenvalue weighted by Gasteiger charge is -2.38. The molecule has 2 aliphatic heterocycles. The Bertz CT molecular complexity index is 1070. The van der Waals surface area contributed by atoms with E-state index in [0.717, 1.165) is 54.6 Å². The summed E-state index contributed by atoms with van der Waals surface area (Å²) in [5, 5.41) is 4.96. The lowest BCUT2D eigenvalue weighted by Crippen LogP contribution is -2.51. The van der Waals surface area contributed by atoms with Crippen molar-refractivity contribution in [2.45, 2.75) is 57.2 Å². The summed E-state index contributed by atoms with van der Waals surface area (Å²) in [5.41, 5.74) is 2.06.